The molecule has 0 unspecified atom stereocenters. The van der Waals surface area contributed by atoms with Gasteiger partial charge in [0.25, 0.3) is 0 Å². The van der Waals surface area contributed by atoms with Crippen molar-refractivity contribution in [2.75, 3.05) is 31.6 Å². The van der Waals surface area contributed by atoms with E-state index in [4.69, 9.17) is 0 Å². The Hall–Kier alpha value is -2.02. The van der Waals surface area contributed by atoms with Crippen LogP contribution in [0.1, 0.15) is 12.8 Å². The Balaban J connectivity index is 1.66. The van der Waals surface area contributed by atoms with Crippen molar-refractivity contribution in [2.45, 2.75) is 12.8 Å². The van der Waals surface area contributed by atoms with E-state index in [2.05, 4.69) is 35.6 Å². The van der Waals surface area contributed by atoms with Crippen LogP contribution in [0.2, 0.25) is 0 Å². The molecule has 1 fully saturated rings. The predicted octanol–water partition coefficient (Wildman–Crippen LogP) is 0.697. The van der Waals surface area contributed by atoms with Gasteiger partial charge in [0.15, 0.2) is 5.82 Å². The van der Waals surface area contributed by atoms with E-state index in [0.717, 1.165) is 42.9 Å². The average Bonchev–Trinajstić information content (AvgIpc) is 2.99. The lowest BCUT2D eigenvalue weighted by atomic mass is 9.97. The smallest absolute Gasteiger partial charge is 0.245 e. The molecule has 1 aliphatic rings. The number of H-pyrrole nitrogens is 1. The summed E-state index contributed by atoms with van der Waals surface area (Å²) in [6.07, 6.45) is 5.70. The zero-order valence-corrected chi connectivity index (χ0v) is 11.6. The van der Waals surface area contributed by atoms with Gasteiger partial charge in [-0.15, -0.1) is 5.10 Å². The molecule has 7 nitrogen and oxygen atoms in total. The summed E-state index contributed by atoms with van der Waals surface area (Å²) in [6.45, 7) is 3.12. The molecule has 0 amide bonds. The number of hydrogen-bond donors (Lipinski definition) is 2. The summed E-state index contributed by atoms with van der Waals surface area (Å²) in [7, 11) is 2.01. The third-order valence-corrected chi connectivity index (χ3v) is 3.72. The van der Waals surface area contributed by atoms with Gasteiger partial charge in [0.1, 0.15) is 0 Å². The van der Waals surface area contributed by atoms with Crippen LogP contribution in [-0.4, -0.2) is 52.1 Å². The molecule has 0 radical (unpaired) electrons. The maximum Gasteiger partial charge on any atom is 0.245 e. The Morgan fingerprint density at radius 2 is 2.20 bits per heavy atom. The molecule has 20 heavy (non-hydrogen) atoms. The fourth-order valence-electron chi connectivity index (χ4n) is 2.58. The zero-order valence-electron chi connectivity index (χ0n) is 11.6. The van der Waals surface area contributed by atoms with E-state index in [-0.39, 0.29) is 0 Å². The predicted molar refractivity (Wildman–Crippen MR) is 76.3 cm³/mol. The number of nitrogens with one attached hydrogen (secondary N) is 2. The lowest BCUT2D eigenvalue weighted by molar-refractivity contribution is 0.391. The highest BCUT2D eigenvalue weighted by molar-refractivity contribution is 5.54. The van der Waals surface area contributed by atoms with Crippen LogP contribution in [0.5, 0.6) is 0 Å². The van der Waals surface area contributed by atoms with Crippen molar-refractivity contribution in [3.05, 3.63) is 18.5 Å². The summed E-state index contributed by atoms with van der Waals surface area (Å²) in [5.74, 6) is 2.28. The van der Waals surface area contributed by atoms with Gasteiger partial charge in [-0.25, -0.2) is 0 Å². The van der Waals surface area contributed by atoms with Gasteiger partial charge in [0.2, 0.25) is 5.95 Å². The Bertz CT molecular complexity index is 531. The molecule has 0 atom stereocenters. The Morgan fingerprint density at radius 3 is 2.90 bits per heavy atom. The van der Waals surface area contributed by atoms with E-state index >= 15 is 0 Å². The van der Waals surface area contributed by atoms with Gasteiger partial charge in [-0.3, -0.25) is 5.10 Å². The van der Waals surface area contributed by atoms with E-state index in [0.29, 0.717) is 0 Å². The van der Waals surface area contributed by atoms with Gasteiger partial charge in [-0.1, -0.05) is 0 Å². The second kappa shape index (κ2) is 5.96. The van der Waals surface area contributed by atoms with Gasteiger partial charge in [0, 0.05) is 18.7 Å². The monoisotopic (exact) mass is 273 g/mol. The van der Waals surface area contributed by atoms with Gasteiger partial charge >= 0.3 is 0 Å². The van der Waals surface area contributed by atoms with E-state index in [9.17, 15) is 0 Å². The second-order valence-electron chi connectivity index (χ2n) is 5.10. The third kappa shape index (κ3) is 2.77. The van der Waals surface area contributed by atoms with Gasteiger partial charge in [-0.05, 0) is 38.4 Å². The molecule has 3 heterocycles. The molecule has 1 saturated heterocycles. The summed E-state index contributed by atoms with van der Waals surface area (Å²) in [5.41, 5.74) is 0.906. The van der Waals surface area contributed by atoms with Crippen LogP contribution in [0.25, 0.3) is 11.4 Å². The highest BCUT2D eigenvalue weighted by atomic mass is 15.4. The average molecular weight is 273 g/mol. The maximum absolute atomic E-state index is 4.55. The molecule has 3 rings (SSSR count). The highest BCUT2D eigenvalue weighted by Gasteiger charge is 2.21. The van der Waals surface area contributed by atoms with Crippen molar-refractivity contribution in [1.29, 1.82) is 0 Å². The number of nitrogens with zero attached hydrogens (tertiary/aromatic N) is 5. The van der Waals surface area contributed by atoms with E-state index in [1.807, 2.05) is 13.1 Å². The molecular formula is C13H19N7. The molecule has 106 valence electrons. The standard InChI is InChI=1S/C13H19N7/c1-14-8-10-3-6-20(7-4-10)13-17-12(18-19-13)11-2-5-15-16-9-11/h2,5,9-10,14H,3-4,6-8H2,1H3,(H,17,18,19). The van der Waals surface area contributed by atoms with E-state index < -0.39 is 0 Å². The van der Waals surface area contributed by atoms with Crippen molar-refractivity contribution in [3.63, 3.8) is 0 Å². The molecule has 0 aliphatic carbocycles. The largest absolute Gasteiger partial charge is 0.340 e. The number of piperidine rings is 1. The highest BCUT2D eigenvalue weighted by Crippen LogP contribution is 2.22. The fourth-order valence-corrected chi connectivity index (χ4v) is 2.58. The summed E-state index contributed by atoms with van der Waals surface area (Å²) >= 11 is 0. The van der Waals surface area contributed by atoms with Crippen LogP contribution in [-0.2, 0) is 0 Å². The first-order chi connectivity index (χ1) is 9.86. The van der Waals surface area contributed by atoms with Crippen molar-refractivity contribution < 1.29 is 0 Å². The Morgan fingerprint density at radius 1 is 1.35 bits per heavy atom. The number of aromatic nitrogens is 5. The van der Waals surface area contributed by atoms with Crippen molar-refractivity contribution in [2.24, 2.45) is 5.92 Å². The first-order valence-corrected chi connectivity index (χ1v) is 6.96. The van der Waals surface area contributed by atoms with Crippen LogP contribution >= 0.6 is 0 Å². The molecule has 2 aromatic rings. The fraction of sp³-hybridized carbons (Fsp3) is 0.538. The molecule has 7 heteroatoms. The Kier molecular flexibility index (Phi) is 3.87. The number of aromatic amines is 1. The van der Waals surface area contributed by atoms with E-state index in [1.165, 1.54) is 12.8 Å². The lowest BCUT2D eigenvalue weighted by Crippen LogP contribution is -2.37. The quantitative estimate of drug-likeness (QED) is 0.853. The van der Waals surface area contributed by atoms with Crippen LogP contribution in [0.4, 0.5) is 5.95 Å². The van der Waals surface area contributed by atoms with Crippen molar-refractivity contribution >= 4 is 5.95 Å². The van der Waals surface area contributed by atoms with Gasteiger partial charge in [-0.2, -0.15) is 15.2 Å². The minimum atomic E-state index is 0.743. The summed E-state index contributed by atoms with van der Waals surface area (Å²) < 4.78 is 0. The van der Waals surface area contributed by atoms with Crippen molar-refractivity contribution in [3.8, 4) is 11.4 Å². The number of anilines is 1. The van der Waals surface area contributed by atoms with Crippen molar-refractivity contribution in [1.82, 2.24) is 30.7 Å². The first kappa shape index (κ1) is 13.0. The molecule has 0 spiro atoms. The molecule has 0 bridgehead atoms. The molecule has 0 saturated carbocycles. The van der Waals surface area contributed by atoms with Gasteiger partial charge in [0.05, 0.1) is 12.4 Å². The lowest BCUT2D eigenvalue weighted by Gasteiger charge is -2.30. The summed E-state index contributed by atoms with van der Waals surface area (Å²) in [4.78, 5) is 6.79. The summed E-state index contributed by atoms with van der Waals surface area (Å²) in [5, 5.41) is 18.2. The van der Waals surface area contributed by atoms with Crippen LogP contribution in [0.15, 0.2) is 18.5 Å². The van der Waals surface area contributed by atoms with E-state index in [1.54, 1.807) is 12.4 Å². The zero-order chi connectivity index (χ0) is 13.8. The topological polar surface area (TPSA) is 82.6 Å². The van der Waals surface area contributed by atoms with Crippen LogP contribution in [0, 0.1) is 5.92 Å². The third-order valence-electron chi connectivity index (χ3n) is 3.72. The minimum Gasteiger partial charge on any atom is -0.340 e. The van der Waals surface area contributed by atoms with Crippen LogP contribution in [0.3, 0.4) is 0 Å². The molecule has 0 aromatic carbocycles. The first-order valence-electron chi connectivity index (χ1n) is 6.96. The molecular weight excluding hydrogens is 254 g/mol. The SMILES string of the molecule is CNCC1CCN(c2n[nH]c(-c3ccnnc3)n2)CC1. The maximum atomic E-state index is 4.55. The molecule has 1 aliphatic heterocycles. The minimum absolute atomic E-state index is 0.743. The number of rotatable bonds is 4. The van der Waals surface area contributed by atoms with Gasteiger partial charge < -0.3 is 10.2 Å². The van der Waals surface area contributed by atoms with Crippen LogP contribution < -0.4 is 10.2 Å². The molecule has 2 aromatic heterocycles. The normalized spacial score (nSPS) is 16.6. The Labute approximate surface area is 117 Å². The molecule has 2 N–H and O–H groups in total. The summed E-state index contributed by atoms with van der Waals surface area (Å²) in [6, 6.07) is 1.87. The number of hydrogen-bond acceptors (Lipinski definition) is 6. The second-order valence-corrected chi connectivity index (χ2v) is 5.10.